The second kappa shape index (κ2) is 6.71. The van der Waals surface area contributed by atoms with Crippen LogP contribution in [-0.4, -0.2) is 17.5 Å². The predicted molar refractivity (Wildman–Crippen MR) is 80.4 cm³/mol. The van der Waals surface area contributed by atoms with Gasteiger partial charge in [-0.25, -0.2) is 4.79 Å². The molecule has 0 aliphatic rings. The summed E-state index contributed by atoms with van der Waals surface area (Å²) in [6, 6.07) is 10.9. The summed E-state index contributed by atoms with van der Waals surface area (Å²) in [6.07, 6.45) is 0. The van der Waals surface area contributed by atoms with Gasteiger partial charge in [-0.2, -0.15) is 0 Å². The summed E-state index contributed by atoms with van der Waals surface area (Å²) < 4.78 is 10.6. The monoisotopic (exact) mass is 301 g/mol. The number of carbonyl (C=O) groups excluding carboxylic acids is 1. The molecule has 0 amide bonds. The number of ether oxygens (including phenoxy) is 2. The lowest BCUT2D eigenvalue weighted by Gasteiger charge is -2.10. The van der Waals surface area contributed by atoms with E-state index in [4.69, 9.17) is 9.47 Å². The summed E-state index contributed by atoms with van der Waals surface area (Å²) in [6.45, 7) is 3.84. The highest BCUT2D eigenvalue weighted by Crippen LogP contribution is 2.25. The van der Waals surface area contributed by atoms with Crippen molar-refractivity contribution in [3.8, 4) is 11.5 Å². The molecule has 2 aromatic rings. The lowest BCUT2D eigenvalue weighted by Crippen LogP contribution is -2.11. The first kappa shape index (κ1) is 15.5. The first-order valence-corrected chi connectivity index (χ1v) is 6.72. The van der Waals surface area contributed by atoms with Crippen LogP contribution in [0, 0.1) is 17.0 Å². The first-order valence-electron chi connectivity index (χ1n) is 6.72. The SMILES string of the molecule is CCOc1ccccc1C(=O)Oc1ccc([N+](=O)[O-])c(C)c1. The van der Waals surface area contributed by atoms with Gasteiger partial charge in [0, 0.05) is 11.6 Å². The number of aryl methyl sites for hydroxylation is 1. The van der Waals surface area contributed by atoms with E-state index in [0.29, 0.717) is 23.5 Å². The molecule has 0 aliphatic carbocycles. The van der Waals surface area contributed by atoms with Gasteiger partial charge in [-0.1, -0.05) is 12.1 Å². The van der Waals surface area contributed by atoms with Gasteiger partial charge >= 0.3 is 5.97 Å². The molecule has 6 heteroatoms. The van der Waals surface area contributed by atoms with E-state index in [0.717, 1.165) is 0 Å². The molecule has 0 saturated carbocycles. The lowest BCUT2D eigenvalue weighted by molar-refractivity contribution is -0.385. The van der Waals surface area contributed by atoms with E-state index in [1.54, 1.807) is 31.2 Å². The minimum Gasteiger partial charge on any atom is -0.493 e. The van der Waals surface area contributed by atoms with Crippen molar-refractivity contribution >= 4 is 11.7 Å². The molecule has 0 saturated heterocycles. The summed E-state index contributed by atoms with van der Waals surface area (Å²) in [4.78, 5) is 22.5. The van der Waals surface area contributed by atoms with Crippen LogP contribution in [0.4, 0.5) is 5.69 Å². The molecule has 6 nitrogen and oxygen atoms in total. The summed E-state index contributed by atoms with van der Waals surface area (Å²) in [5.41, 5.74) is 0.711. The zero-order valence-electron chi connectivity index (χ0n) is 12.2. The van der Waals surface area contributed by atoms with Crippen LogP contribution >= 0.6 is 0 Å². The highest BCUT2D eigenvalue weighted by molar-refractivity contribution is 5.94. The molecule has 2 rings (SSSR count). The Morgan fingerprint density at radius 2 is 1.95 bits per heavy atom. The number of para-hydroxylation sites is 1. The Kier molecular flexibility index (Phi) is 4.73. The van der Waals surface area contributed by atoms with Gasteiger partial charge in [-0.05, 0) is 38.1 Å². The number of carbonyl (C=O) groups is 1. The van der Waals surface area contributed by atoms with Gasteiger partial charge in [0.05, 0.1) is 11.5 Å². The van der Waals surface area contributed by atoms with Gasteiger partial charge in [-0.3, -0.25) is 10.1 Å². The maximum atomic E-state index is 12.2. The van der Waals surface area contributed by atoms with Gasteiger partial charge in [0.1, 0.15) is 17.1 Å². The zero-order chi connectivity index (χ0) is 16.1. The number of nitrogens with zero attached hydrogens (tertiary/aromatic N) is 1. The Labute approximate surface area is 127 Å². The minimum absolute atomic E-state index is 0.0190. The van der Waals surface area contributed by atoms with E-state index >= 15 is 0 Å². The zero-order valence-corrected chi connectivity index (χ0v) is 12.2. The van der Waals surface area contributed by atoms with Crippen LogP contribution in [0.2, 0.25) is 0 Å². The average molecular weight is 301 g/mol. The summed E-state index contributed by atoms with van der Waals surface area (Å²) in [5, 5.41) is 10.8. The molecule has 0 fully saturated rings. The van der Waals surface area contributed by atoms with Crippen LogP contribution < -0.4 is 9.47 Å². The fraction of sp³-hybridized carbons (Fsp3) is 0.188. The third kappa shape index (κ3) is 3.41. The molecule has 0 radical (unpaired) electrons. The van der Waals surface area contributed by atoms with E-state index in [9.17, 15) is 14.9 Å². The van der Waals surface area contributed by atoms with E-state index in [-0.39, 0.29) is 11.4 Å². The van der Waals surface area contributed by atoms with Crippen LogP contribution in [0.25, 0.3) is 0 Å². The van der Waals surface area contributed by atoms with Gasteiger partial charge in [0.2, 0.25) is 0 Å². The highest BCUT2D eigenvalue weighted by atomic mass is 16.6. The van der Waals surface area contributed by atoms with Crippen LogP contribution in [0.1, 0.15) is 22.8 Å². The van der Waals surface area contributed by atoms with Crippen molar-refractivity contribution in [2.45, 2.75) is 13.8 Å². The van der Waals surface area contributed by atoms with Crippen LogP contribution in [0.3, 0.4) is 0 Å². The normalized spacial score (nSPS) is 10.1. The maximum Gasteiger partial charge on any atom is 0.347 e. The standard InChI is InChI=1S/C16H15NO5/c1-3-21-15-7-5-4-6-13(15)16(18)22-12-8-9-14(17(19)20)11(2)10-12/h4-10H,3H2,1-2H3. The molecular weight excluding hydrogens is 286 g/mol. The molecular formula is C16H15NO5. The van der Waals surface area contributed by atoms with Crippen LogP contribution in [0.5, 0.6) is 11.5 Å². The molecule has 0 aromatic heterocycles. The van der Waals surface area contributed by atoms with Gasteiger partial charge < -0.3 is 9.47 Å². The Balaban J connectivity index is 2.22. The number of nitro benzene ring substituents is 1. The molecule has 0 aliphatic heterocycles. The van der Waals surface area contributed by atoms with Crippen molar-refractivity contribution in [2.24, 2.45) is 0 Å². The summed E-state index contributed by atoms with van der Waals surface area (Å²) in [7, 11) is 0. The van der Waals surface area contributed by atoms with Crippen molar-refractivity contribution < 1.29 is 19.2 Å². The predicted octanol–water partition coefficient (Wildman–Crippen LogP) is 3.52. The number of hydrogen-bond donors (Lipinski definition) is 0. The number of esters is 1. The van der Waals surface area contributed by atoms with E-state index in [1.807, 2.05) is 6.92 Å². The van der Waals surface area contributed by atoms with Gasteiger partial charge in [0.15, 0.2) is 0 Å². The molecule has 0 bridgehead atoms. The van der Waals surface area contributed by atoms with Crippen molar-refractivity contribution in [1.29, 1.82) is 0 Å². The fourth-order valence-electron chi connectivity index (χ4n) is 1.97. The molecule has 2 aromatic carbocycles. The largest absolute Gasteiger partial charge is 0.493 e. The third-order valence-corrected chi connectivity index (χ3v) is 2.98. The quantitative estimate of drug-likeness (QED) is 0.365. The maximum absolute atomic E-state index is 12.2. The second-order valence-corrected chi connectivity index (χ2v) is 4.52. The van der Waals surface area contributed by atoms with Gasteiger partial charge in [0.25, 0.3) is 5.69 Å². The number of nitro groups is 1. The lowest BCUT2D eigenvalue weighted by atomic mass is 10.2. The fourth-order valence-corrected chi connectivity index (χ4v) is 1.97. The molecule has 0 N–H and O–H groups in total. The topological polar surface area (TPSA) is 78.7 Å². The Bertz CT molecular complexity index is 711. The van der Waals surface area contributed by atoms with E-state index < -0.39 is 10.9 Å². The smallest absolute Gasteiger partial charge is 0.347 e. The molecule has 22 heavy (non-hydrogen) atoms. The van der Waals surface area contributed by atoms with Gasteiger partial charge in [-0.15, -0.1) is 0 Å². The molecule has 0 atom stereocenters. The minimum atomic E-state index is -0.572. The molecule has 114 valence electrons. The van der Waals surface area contributed by atoms with Crippen LogP contribution in [0.15, 0.2) is 42.5 Å². The Morgan fingerprint density at radius 1 is 1.23 bits per heavy atom. The van der Waals surface area contributed by atoms with E-state index in [1.165, 1.54) is 18.2 Å². The van der Waals surface area contributed by atoms with Crippen molar-refractivity contribution in [2.75, 3.05) is 6.61 Å². The first-order chi connectivity index (χ1) is 10.5. The summed E-state index contributed by atoms with van der Waals surface area (Å²) >= 11 is 0. The Hall–Kier alpha value is -2.89. The molecule has 0 spiro atoms. The van der Waals surface area contributed by atoms with Crippen molar-refractivity contribution in [3.05, 3.63) is 63.7 Å². The number of hydrogen-bond acceptors (Lipinski definition) is 5. The Morgan fingerprint density at radius 3 is 2.59 bits per heavy atom. The van der Waals surface area contributed by atoms with Crippen molar-refractivity contribution in [3.63, 3.8) is 0 Å². The third-order valence-electron chi connectivity index (χ3n) is 2.98. The van der Waals surface area contributed by atoms with E-state index in [2.05, 4.69) is 0 Å². The molecule has 0 unspecified atom stereocenters. The number of benzene rings is 2. The van der Waals surface area contributed by atoms with Crippen molar-refractivity contribution in [1.82, 2.24) is 0 Å². The molecule has 0 heterocycles. The highest BCUT2D eigenvalue weighted by Gasteiger charge is 2.16. The number of rotatable bonds is 5. The average Bonchev–Trinajstić information content (AvgIpc) is 2.47. The summed E-state index contributed by atoms with van der Waals surface area (Å²) in [5.74, 6) is 0.116. The second-order valence-electron chi connectivity index (χ2n) is 4.52. The van der Waals surface area contributed by atoms with Crippen LogP contribution in [-0.2, 0) is 0 Å².